The molecule has 0 aliphatic carbocycles. The Hall–Kier alpha value is -2.61. The zero-order valence-corrected chi connectivity index (χ0v) is 12.9. The van der Waals surface area contributed by atoms with Crippen molar-refractivity contribution in [2.75, 3.05) is 5.32 Å². The molecule has 24 heavy (non-hydrogen) atoms. The summed E-state index contributed by atoms with van der Waals surface area (Å²) in [6.45, 7) is 1.35. The third-order valence-electron chi connectivity index (χ3n) is 2.77. The second-order valence-corrected chi connectivity index (χ2v) is 5.04. The van der Waals surface area contributed by atoms with E-state index in [0.29, 0.717) is 5.75 Å². The van der Waals surface area contributed by atoms with Crippen LogP contribution in [0.1, 0.15) is 17.4 Å². The topological polar surface area (TPSA) is 68.3 Å². The van der Waals surface area contributed by atoms with Crippen LogP contribution in [0.5, 0.6) is 11.5 Å². The summed E-state index contributed by atoms with van der Waals surface area (Å²) in [6, 6.07) is 6.65. The van der Waals surface area contributed by atoms with Gasteiger partial charge < -0.3 is 10.1 Å². The minimum atomic E-state index is -5.02. The molecule has 2 rings (SSSR count). The number of ether oxygens (including phenoxy) is 1. The molecule has 126 valence electrons. The quantitative estimate of drug-likeness (QED) is 0.830. The fourth-order valence-corrected chi connectivity index (χ4v) is 1.87. The standard InChI is InChI=1S/C15H10ClF3N2O3/c1-8(22)13-7-10(4-5-20-13)24-9-2-3-12(11(16)6-9)21-14(23)15(17,18)19/h2-7H,1H3,(H,21,23). The number of benzene rings is 1. The van der Waals surface area contributed by atoms with Gasteiger partial charge in [-0.2, -0.15) is 13.2 Å². The summed E-state index contributed by atoms with van der Waals surface area (Å²) in [6.07, 6.45) is -3.63. The van der Waals surface area contributed by atoms with E-state index in [2.05, 4.69) is 4.98 Å². The number of nitrogens with zero attached hydrogens (tertiary/aromatic N) is 1. The van der Waals surface area contributed by atoms with Gasteiger partial charge in [0.15, 0.2) is 5.78 Å². The van der Waals surface area contributed by atoms with E-state index in [1.54, 1.807) is 5.32 Å². The van der Waals surface area contributed by atoms with Crippen molar-refractivity contribution in [2.45, 2.75) is 13.1 Å². The Morgan fingerprint density at radius 1 is 1.17 bits per heavy atom. The molecule has 0 atom stereocenters. The summed E-state index contributed by atoms with van der Waals surface area (Å²) >= 11 is 5.84. The summed E-state index contributed by atoms with van der Waals surface area (Å²) in [5.41, 5.74) is -0.00171. The molecule has 1 aromatic heterocycles. The van der Waals surface area contributed by atoms with Gasteiger partial charge in [0.2, 0.25) is 0 Å². The monoisotopic (exact) mass is 358 g/mol. The van der Waals surface area contributed by atoms with Gasteiger partial charge in [0.1, 0.15) is 17.2 Å². The number of hydrogen-bond donors (Lipinski definition) is 1. The molecule has 0 saturated carbocycles. The highest BCUT2D eigenvalue weighted by molar-refractivity contribution is 6.33. The van der Waals surface area contributed by atoms with Crippen molar-refractivity contribution < 1.29 is 27.5 Å². The summed E-state index contributed by atoms with van der Waals surface area (Å²) in [7, 11) is 0. The van der Waals surface area contributed by atoms with Gasteiger partial charge in [0.05, 0.1) is 10.7 Å². The predicted octanol–water partition coefficient (Wildman–Crippen LogP) is 4.23. The summed E-state index contributed by atoms with van der Waals surface area (Å²) in [5, 5.41) is 1.53. The lowest BCUT2D eigenvalue weighted by Gasteiger charge is -2.11. The molecule has 5 nitrogen and oxygen atoms in total. The molecule has 0 saturated heterocycles. The van der Waals surface area contributed by atoms with Crippen molar-refractivity contribution in [3.8, 4) is 11.5 Å². The highest BCUT2D eigenvalue weighted by atomic mass is 35.5. The lowest BCUT2D eigenvalue weighted by Crippen LogP contribution is -2.30. The smallest absolute Gasteiger partial charge is 0.457 e. The maximum atomic E-state index is 12.2. The van der Waals surface area contributed by atoms with Crippen LogP contribution in [-0.4, -0.2) is 22.9 Å². The lowest BCUT2D eigenvalue weighted by molar-refractivity contribution is -0.167. The van der Waals surface area contributed by atoms with Crippen LogP contribution in [0.25, 0.3) is 0 Å². The average molecular weight is 359 g/mol. The van der Waals surface area contributed by atoms with Crippen LogP contribution in [-0.2, 0) is 4.79 Å². The third kappa shape index (κ3) is 4.45. The van der Waals surface area contributed by atoms with Gasteiger partial charge in [-0.25, -0.2) is 0 Å². The maximum Gasteiger partial charge on any atom is 0.471 e. The Labute approximate surface area is 139 Å². The van der Waals surface area contributed by atoms with Crippen LogP contribution in [0.4, 0.5) is 18.9 Å². The molecule has 0 unspecified atom stereocenters. The van der Waals surface area contributed by atoms with Gasteiger partial charge >= 0.3 is 12.1 Å². The number of carbonyl (C=O) groups excluding carboxylic acids is 2. The van der Waals surface area contributed by atoms with E-state index in [4.69, 9.17) is 16.3 Å². The number of ketones is 1. The number of aromatic nitrogens is 1. The molecule has 0 fully saturated rings. The number of halogens is 4. The second-order valence-electron chi connectivity index (χ2n) is 4.63. The number of nitrogens with one attached hydrogen (secondary N) is 1. The number of hydrogen-bond acceptors (Lipinski definition) is 4. The normalized spacial score (nSPS) is 11.0. The molecule has 0 aliphatic heterocycles. The van der Waals surface area contributed by atoms with E-state index in [-0.39, 0.29) is 27.9 Å². The Morgan fingerprint density at radius 2 is 1.83 bits per heavy atom. The summed E-state index contributed by atoms with van der Waals surface area (Å²) in [5.74, 6) is -1.86. The van der Waals surface area contributed by atoms with E-state index in [1.165, 1.54) is 43.5 Å². The predicted molar refractivity (Wildman–Crippen MR) is 80.5 cm³/mol. The zero-order chi connectivity index (χ0) is 17.9. The van der Waals surface area contributed by atoms with Crippen LogP contribution in [0.15, 0.2) is 36.5 Å². The van der Waals surface area contributed by atoms with Crippen molar-refractivity contribution in [1.82, 2.24) is 4.98 Å². The highest BCUT2D eigenvalue weighted by Crippen LogP contribution is 2.31. The van der Waals surface area contributed by atoms with Crippen LogP contribution < -0.4 is 10.1 Å². The zero-order valence-electron chi connectivity index (χ0n) is 12.1. The molecule has 0 radical (unpaired) electrons. The minimum Gasteiger partial charge on any atom is -0.457 e. The number of anilines is 1. The number of alkyl halides is 3. The highest BCUT2D eigenvalue weighted by Gasteiger charge is 2.38. The van der Waals surface area contributed by atoms with Crippen molar-refractivity contribution in [2.24, 2.45) is 0 Å². The lowest BCUT2D eigenvalue weighted by atomic mass is 10.2. The largest absolute Gasteiger partial charge is 0.471 e. The van der Waals surface area contributed by atoms with E-state index >= 15 is 0 Å². The molecule has 0 spiro atoms. The van der Waals surface area contributed by atoms with Gasteiger partial charge in [-0.3, -0.25) is 14.6 Å². The van der Waals surface area contributed by atoms with Gasteiger partial charge in [-0.05, 0) is 18.2 Å². The average Bonchev–Trinajstić information content (AvgIpc) is 2.49. The Balaban J connectivity index is 2.16. The number of amides is 1. The van der Waals surface area contributed by atoms with Crippen molar-refractivity contribution >= 4 is 29.0 Å². The first kappa shape index (κ1) is 17.7. The van der Waals surface area contributed by atoms with Crippen molar-refractivity contribution in [3.63, 3.8) is 0 Å². The van der Waals surface area contributed by atoms with Gasteiger partial charge in [-0.1, -0.05) is 11.6 Å². The van der Waals surface area contributed by atoms with Gasteiger partial charge in [-0.15, -0.1) is 0 Å². The first-order valence-corrected chi connectivity index (χ1v) is 6.87. The van der Waals surface area contributed by atoms with Crippen LogP contribution in [0.2, 0.25) is 5.02 Å². The Morgan fingerprint density at radius 3 is 2.42 bits per heavy atom. The van der Waals surface area contributed by atoms with E-state index in [1.807, 2.05) is 0 Å². The maximum absolute atomic E-state index is 12.2. The van der Waals surface area contributed by atoms with E-state index in [9.17, 15) is 22.8 Å². The molecular weight excluding hydrogens is 349 g/mol. The van der Waals surface area contributed by atoms with Crippen LogP contribution in [0, 0.1) is 0 Å². The Kier molecular flexibility index (Phi) is 5.08. The third-order valence-corrected chi connectivity index (χ3v) is 3.09. The molecule has 1 heterocycles. The fourth-order valence-electron chi connectivity index (χ4n) is 1.66. The molecule has 1 N–H and O–H groups in total. The number of carbonyl (C=O) groups is 2. The van der Waals surface area contributed by atoms with Gasteiger partial charge in [0, 0.05) is 25.3 Å². The van der Waals surface area contributed by atoms with Crippen molar-refractivity contribution in [1.29, 1.82) is 0 Å². The van der Waals surface area contributed by atoms with Crippen molar-refractivity contribution in [3.05, 3.63) is 47.2 Å². The molecule has 0 bridgehead atoms. The van der Waals surface area contributed by atoms with Crippen LogP contribution in [0.3, 0.4) is 0 Å². The molecule has 2 aromatic rings. The SMILES string of the molecule is CC(=O)c1cc(Oc2ccc(NC(=O)C(F)(F)F)c(Cl)c2)ccn1. The molecule has 9 heteroatoms. The number of pyridine rings is 1. The fraction of sp³-hybridized carbons (Fsp3) is 0.133. The first-order chi connectivity index (χ1) is 11.2. The van der Waals surface area contributed by atoms with Gasteiger partial charge in [0.25, 0.3) is 0 Å². The summed E-state index contributed by atoms with van der Waals surface area (Å²) < 4.78 is 42.1. The first-order valence-electron chi connectivity index (χ1n) is 6.49. The number of rotatable bonds is 4. The van der Waals surface area contributed by atoms with E-state index < -0.39 is 12.1 Å². The molecule has 1 aromatic carbocycles. The molecule has 0 aliphatic rings. The molecule has 1 amide bonds. The number of Topliss-reactive ketones (excluding diaryl/α,β-unsaturated/α-hetero) is 1. The van der Waals surface area contributed by atoms with Crippen LogP contribution >= 0.6 is 11.6 Å². The molecular formula is C15H10ClF3N2O3. The van der Waals surface area contributed by atoms with E-state index in [0.717, 1.165) is 0 Å². The Bertz CT molecular complexity index is 794. The second kappa shape index (κ2) is 6.88. The summed E-state index contributed by atoms with van der Waals surface area (Å²) in [4.78, 5) is 26.0. The minimum absolute atomic E-state index is 0.133.